The van der Waals surface area contributed by atoms with Gasteiger partial charge in [0.15, 0.2) is 34.7 Å². The largest absolute Gasteiger partial charge is 0.504 e. The molecule has 16 nitrogen and oxygen atoms in total. The molecule has 1 saturated carbocycles. The maximum Gasteiger partial charge on any atom is 0.335 e. The Morgan fingerprint density at radius 3 is 1.68 bits per heavy atom. The lowest BCUT2D eigenvalue weighted by Gasteiger charge is -2.42. The Balaban J connectivity index is 1.92. The van der Waals surface area contributed by atoms with E-state index >= 15 is 0 Å². The molecule has 0 amide bonds. The summed E-state index contributed by atoms with van der Waals surface area (Å²) in [7, 11) is 0. The number of carboxylic acid groups (broad SMARTS) is 2. The van der Waals surface area contributed by atoms with E-state index in [9.17, 15) is 59.7 Å². The van der Waals surface area contributed by atoms with Gasteiger partial charge in [-0.05, 0) is 54.5 Å². The lowest BCUT2D eigenvalue weighted by molar-refractivity contribution is -0.213. The molecule has 0 spiro atoms. The monoisotopic (exact) mass is 660 g/mol. The predicted molar refractivity (Wildman–Crippen MR) is 157 cm³/mol. The number of ether oxygens (including phenoxy) is 3. The molecule has 8 N–H and O–H groups in total. The normalized spacial score (nSPS) is 22.3. The van der Waals surface area contributed by atoms with Crippen LogP contribution in [0.4, 0.5) is 0 Å². The minimum Gasteiger partial charge on any atom is -0.504 e. The van der Waals surface area contributed by atoms with Crippen molar-refractivity contribution in [2.45, 2.75) is 62.1 Å². The van der Waals surface area contributed by atoms with Gasteiger partial charge in [0, 0.05) is 25.0 Å². The molecular weight excluding hydrogens is 628 g/mol. The number of benzene rings is 2. The average molecular weight is 661 g/mol. The lowest BCUT2D eigenvalue weighted by Crippen LogP contribution is -2.59. The molecule has 3 rings (SSSR count). The van der Waals surface area contributed by atoms with Crippen molar-refractivity contribution >= 4 is 42.0 Å². The van der Waals surface area contributed by atoms with Crippen LogP contribution in [-0.2, 0) is 38.2 Å². The van der Waals surface area contributed by atoms with E-state index in [1.807, 2.05) is 0 Å². The molecule has 0 heterocycles. The van der Waals surface area contributed by atoms with Gasteiger partial charge in [-0.2, -0.15) is 0 Å². The third-order valence-electron chi connectivity index (χ3n) is 6.89. The van der Waals surface area contributed by atoms with E-state index < -0.39 is 108 Å². The molecule has 0 saturated heterocycles. The highest BCUT2D eigenvalue weighted by molar-refractivity contribution is 5.88. The first-order chi connectivity index (χ1) is 21.9. The van der Waals surface area contributed by atoms with E-state index in [-0.39, 0.29) is 11.1 Å². The maximum absolute atomic E-state index is 12.9. The number of aliphatic carboxylic acids is 2. The Hall–Kier alpha value is -5.61. The number of carbonyl (C=O) groups is 5. The SMILES string of the molecule is C[C@@](O)(CC(=O)O)CC(=O)O[C@@H]1C[C@@](O)(C(=O)O)C[C@@H](OC(=O)C=Cc2ccc(O)c(O)c2)[C@@H]1OC(=O)C=Cc1ccc(O)c(O)c1. The molecule has 0 aromatic heterocycles. The van der Waals surface area contributed by atoms with Crippen LogP contribution >= 0.6 is 0 Å². The summed E-state index contributed by atoms with van der Waals surface area (Å²) < 4.78 is 16.0. The molecule has 2 aromatic carbocycles. The van der Waals surface area contributed by atoms with Gasteiger partial charge in [-0.3, -0.25) is 9.59 Å². The fourth-order valence-corrected chi connectivity index (χ4v) is 4.65. The Kier molecular flexibility index (Phi) is 11.2. The van der Waals surface area contributed by atoms with Crippen LogP contribution in [0.3, 0.4) is 0 Å². The lowest BCUT2D eigenvalue weighted by atomic mass is 9.79. The van der Waals surface area contributed by atoms with Crippen LogP contribution in [0.2, 0.25) is 0 Å². The number of hydrogen-bond acceptors (Lipinski definition) is 14. The molecule has 47 heavy (non-hydrogen) atoms. The van der Waals surface area contributed by atoms with Gasteiger partial charge in [0.1, 0.15) is 12.2 Å². The maximum atomic E-state index is 12.9. The quantitative estimate of drug-likeness (QED) is 0.0687. The van der Waals surface area contributed by atoms with Gasteiger partial charge in [0.05, 0.1) is 18.4 Å². The van der Waals surface area contributed by atoms with Crippen LogP contribution in [0.5, 0.6) is 23.0 Å². The molecule has 1 aliphatic carbocycles. The van der Waals surface area contributed by atoms with Crippen molar-refractivity contribution in [1.29, 1.82) is 0 Å². The molecular formula is C31H32O16. The van der Waals surface area contributed by atoms with Gasteiger partial charge in [0.25, 0.3) is 0 Å². The second-order valence-corrected chi connectivity index (χ2v) is 11.1. The molecule has 1 fully saturated rings. The van der Waals surface area contributed by atoms with Gasteiger partial charge in [-0.15, -0.1) is 0 Å². The zero-order valence-corrected chi connectivity index (χ0v) is 24.7. The summed E-state index contributed by atoms with van der Waals surface area (Å²) >= 11 is 0. The summed E-state index contributed by atoms with van der Waals surface area (Å²) in [4.78, 5) is 61.5. The zero-order valence-electron chi connectivity index (χ0n) is 24.7. The fraction of sp³-hybridized carbons (Fsp3) is 0.323. The molecule has 16 heteroatoms. The number of aromatic hydroxyl groups is 4. The predicted octanol–water partition coefficient (Wildman–Crippen LogP) is 1.20. The number of phenols is 4. The Morgan fingerprint density at radius 1 is 0.766 bits per heavy atom. The summed E-state index contributed by atoms with van der Waals surface area (Å²) in [5.41, 5.74) is -4.33. The highest BCUT2D eigenvalue weighted by Gasteiger charge is 2.54. The summed E-state index contributed by atoms with van der Waals surface area (Å²) in [5, 5.41) is 78.2. The number of phenolic OH excluding ortho intramolecular Hbond substituents is 4. The second-order valence-electron chi connectivity index (χ2n) is 11.1. The number of aliphatic hydroxyl groups is 2. The third kappa shape index (κ3) is 10.2. The van der Waals surface area contributed by atoms with Crippen LogP contribution in [-0.4, -0.2) is 100 Å². The van der Waals surface area contributed by atoms with Crippen LogP contribution in [0.15, 0.2) is 48.6 Å². The Labute approximate surface area is 266 Å². The van der Waals surface area contributed by atoms with Crippen molar-refractivity contribution in [3.8, 4) is 23.0 Å². The van der Waals surface area contributed by atoms with Crippen molar-refractivity contribution < 1.29 is 79.0 Å². The summed E-state index contributed by atoms with van der Waals surface area (Å²) in [6.45, 7) is 1.03. The number of hydrogen-bond donors (Lipinski definition) is 8. The molecule has 0 aliphatic heterocycles. The smallest absolute Gasteiger partial charge is 0.335 e. The van der Waals surface area contributed by atoms with Gasteiger partial charge in [-0.25, -0.2) is 14.4 Å². The van der Waals surface area contributed by atoms with Crippen molar-refractivity contribution in [1.82, 2.24) is 0 Å². The van der Waals surface area contributed by atoms with E-state index in [2.05, 4.69) is 0 Å². The van der Waals surface area contributed by atoms with E-state index in [1.54, 1.807) is 0 Å². The van der Waals surface area contributed by atoms with Crippen LogP contribution in [0.25, 0.3) is 12.2 Å². The first kappa shape index (κ1) is 35.9. The van der Waals surface area contributed by atoms with Gasteiger partial charge in [0.2, 0.25) is 0 Å². The van der Waals surface area contributed by atoms with Crippen molar-refractivity contribution in [2.75, 3.05) is 0 Å². The Morgan fingerprint density at radius 2 is 1.23 bits per heavy atom. The summed E-state index contributed by atoms with van der Waals surface area (Å²) in [5.74, 6) is -8.63. The molecule has 1 aliphatic rings. The third-order valence-corrected chi connectivity index (χ3v) is 6.89. The van der Waals surface area contributed by atoms with E-state index in [0.717, 1.165) is 49.4 Å². The van der Waals surface area contributed by atoms with E-state index in [4.69, 9.17) is 19.3 Å². The first-order valence-corrected chi connectivity index (χ1v) is 13.8. The molecule has 2 aromatic rings. The first-order valence-electron chi connectivity index (χ1n) is 13.8. The topological polar surface area (TPSA) is 275 Å². The van der Waals surface area contributed by atoms with Crippen molar-refractivity contribution in [3.05, 3.63) is 59.7 Å². The summed E-state index contributed by atoms with van der Waals surface area (Å²) in [6.07, 6.45) is -4.77. The Bertz CT molecular complexity index is 1590. The highest BCUT2D eigenvalue weighted by atomic mass is 16.6. The summed E-state index contributed by atoms with van der Waals surface area (Å²) in [6, 6.07) is 7.19. The molecule has 0 bridgehead atoms. The van der Waals surface area contributed by atoms with Crippen LogP contribution < -0.4 is 0 Å². The van der Waals surface area contributed by atoms with E-state index in [0.29, 0.717) is 0 Å². The molecule has 0 unspecified atom stereocenters. The van der Waals surface area contributed by atoms with E-state index in [1.165, 1.54) is 18.2 Å². The highest BCUT2D eigenvalue weighted by Crippen LogP contribution is 2.36. The zero-order chi connectivity index (χ0) is 35.1. The fourth-order valence-electron chi connectivity index (χ4n) is 4.65. The minimum atomic E-state index is -2.69. The number of carbonyl (C=O) groups excluding carboxylic acids is 3. The molecule has 0 radical (unpaired) electrons. The van der Waals surface area contributed by atoms with Crippen LogP contribution in [0, 0.1) is 0 Å². The number of rotatable bonds is 12. The van der Waals surface area contributed by atoms with Crippen molar-refractivity contribution in [3.63, 3.8) is 0 Å². The average Bonchev–Trinajstić information content (AvgIpc) is 2.95. The number of esters is 3. The number of carboxylic acids is 2. The molecule has 252 valence electrons. The van der Waals surface area contributed by atoms with Crippen LogP contribution in [0.1, 0.15) is 43.7 Å². The second kappa shape index (κ2) is 14.7. The van der Waals surface area contributed by atoms with Gasteiger partial charge >= 0.3 is 29.8 Å². The standard InChI is InChI=1S/C31H32O16/c1-30(43,14-24(36)37)15-27(40)46-23-13-31(44,29(41)42)12-22(45-25(38)8-4-16-2-6-18(32)20(34)10-16)28(23)47-26(39)9-5-17-3-7-19(33)21(35)11-17/h2-11,22-23,28,32-35,43-44H,12-15H2,1H3,(H,36,37)(H,41,42)/t22-,23-,28+,30-,31-/m1/s1. The van der Waals surface area contributed by atoms with Gasteiger partial charge in [-0.1, -0.05) is 12.1 Å². The minimum absolute atomic E-state index is 0.233. The van der Waals surface area contributed by atoms with Gasteiger partial charge < -0.3 is 55.1 Å². The molecule has 5 atom stereocenters. The van der Waals surface area contributed by atoms with Crippen molar-refractivity contribution in [2.24, 2.45) is 0 Å².